The molecule has 4 heteroatoms. The summed E-state index contributed by atoms with van der Waals surface area (Å²) in [6.45, 7) is 0.478. The van der Waals surface area contributed by atoms with Gasteiger partial charge in [-0.1, -0.05) is 12.1 Å². The zero-order chi connectivity index (χ0) is 12.7. The molecule has 0 aliphatic carbocycles. The van der Waals surface area contributed by atoms with Crippen molar-refractivity contribution in [3.8, 4) is 11.8 Å². The van der Waals surface area contributed by atoms with Crippen molar-refractivity contribution in [3.05, 3.63) is 29.8 Å². The van der Waals surface area contributed by atoms with Gasteiger partial charge in [0.2, 0.25) is 5.91 Å². The van der Waals surface area contributed by atoms with E-state index in [1.54, 1.807) is 19.1 Å². The molecular weight excluding hydrogens is 216 g/mol. The number of nitriles is 1. The summed E-state index contributed by atoms with van der Waals surface area (Å²) in [7, 11) is 3.32. The summed E-state index contributed by atoms with van der Waals surface area (Å²) in [4.78, 5) is 13.3. The van der Waals surface area contributed by atoms with Gasteiger partial charge in [-0.05, 0) is 17.7 Å². The summed E-state index contributed by atoms with van der Waals surface area (Å²) in [6, 6.07) is 9.42. The van der Waals surface area contributed by atoms with Crippen molar-refractivity contribution >= 4 is 5.91 Å². The van der Waals surface area contributed by atoms with Crippen LogP contribution in [0.5, 0.6) is 5.75 Å². The second kappa shape index (κ2) is 6.54. The maximum atomic E-state index is 11.8. The molecule has 0 radical (unpaired) electrons. The van der Waals surface area contributed by atoms with Gasteiger partial charge in [0.25, 0.3) is 0 Å². The smallest absolute Gasteiger partial charge is 0.226 e. The van der Waals surface area contributed by atoms with E-state index in [9.17, 15) is 4.79 Å². The second-order valence-corrected chi connectivity index (χ2v) is 3.75. The van der Waals surface area contributed by atoms with Crippen molar-refractivity contribution in [3.63, 3.8) is 0 Å². The molecule has 1 amide bonds. The van der Waals surface area contributed by atoms with E-state index < -0.39 is 0 Å². The van der Waals surface area contributed by atoms with E-state index in [1.165, 1.54) is 0 Å². The normalized spacial score (nSPS) is 9.47. The first-order valence-corrected chi connectivity index (χ1v) is 5.41. The van der Waals surface area contributed by atoms with E-state index in [0.29, 0.717) is 19.4 Å². The summed E-state index contributed by atoms with van der Waals surface area (Å²) in [5.74, 6) is 0.796. The maximum Gasteiger partial charge on any atom is 0.226 e. The highest BCUT2D eigenvalue weighted by molar-refractivity contribution is 5.78. The standard InChI is InChI=1S/C13H16N2O2/c1-15(9-3-8-14)13(16)10-11-4-6-12(17-2)7-5-11/h4-7H,3,9-10H2,1-2H3. The number of carbonyl (C=O) groups is 1. The van der Waals surface area contributed by atoms with Gasteiger partial charge in [-0.15, -0.1) is 0 Å². The number of rotatable bonds is 5. The van der Waals surface area contributed by atoms with Crippen LogP contribution in [0.2, 0.25) is 0 Å². The molecule has 0 unspecified atom stereocenters. The molecule has 0 saturated heterocycles. The Bertz CT molecular complexity index is 406. The molecule has 0 heterocycles. The second-order valence-electron chi connectivity index (χ2n) is 3.75. The van der Waals surface area contributed by atoms with Crippen LogP contribution in [-0.2, 0) is 11.2 Å². The van der Waals surface area contributed by atoms with E-state index in [4.69, 9.17) is 10.00 Å². The SMILES string of the molecule is COc1ccc(CC(=O)N(C)CCC#N)cc1. The van der Waals surface area contributed by atoms with Crippen molar-refractivity contribution in [2.75, 3.05) is 20.7 Å². The number of methoxy groups -OCH3 is 1. The fourth-order valence-electron chi connectivity index (χ4n) is 1.40. The van der Waals surface area contributed by atoms with Crippen molar-refractivity contribution in [1.29, 1.82) is 5.26 Å². The van der Waals surface area contributed by atoms with Gasteiger partial charge in [-0.3, -0.25) is 4.79 Å². The Morgan fingerprint density at radius 1 is 1.41 bits per heavy atom. The molecule has 0 bridgehead atoms. The van der Waals surface area contributed by atoms with Crippen LogP contribution in [0, 0.1) is 11.3 Å². The molecular formula is C13H16N2O2. The number of amides is 1. The van der Waals surface area contributed by atoms with Crippen LogP contribution >= 0.6 is 0 Å². The number of hydrogen-bond acceptors (Lipinski definition) is 3. The van der Waals surface area contributed by atoms with E-state index in [-0.39, 0.29) is 5.91 Å². The molecule has 17 heavy (non-hydrogen) atoms. The Morgan fingerprint density at radius 3 is 2.59 bits per heavy atom. The quantitative estimate of drug-likeness (QED) is 0.775. The largest absolute Gasteiger partial charge is 0.497 e. The third kappa shape index (κ3) is 4.15. The van der Waals surface area contributed by atoms with E-state index in [0.717, 1.165) is 11.3 Å². The molecule has 0 aliphatic rings. The lowest BCUT2D eigenvalue weighted by atomic mass is 10.1. The number of carbonyl (C=O) groups excluding carboxylic acids is 1. The van der Waals surface area contributed by atoms with Crippen LogP contribution < -0.4 is 4.74 Å². The van der Waals surface area contributed by atoms with Gasteiger partial charge in [0.15, 0.2) is 0 Å². The summed E-state index contributed by atoms with van der Waals surface area (Å²) < 4.78 is 5.04. The Hall–Kier alpha value is -2.02. The molecule has 1 rings (SSSR count). The van der Waals surface area contributed by atoms with E-state index >= 15 is 0 Å². The lowest BCUT2D eigenvalue weighted by Crippen LogP contribution is -2.28. The Morgan fingerprint density at radius 2 is 2.06 bits per heavy atom. The van der Waals surface area contributed by atoms with E-state index in [1.807, 2.05) is 30.3 Å². The molecule has 0 saturated carbocycles. The summed E-state index contributed by atoms with van der Waals surface area (Å²) in [5.41, 5.74) is 0.944. The fourth-order valence-corrected chi connectivity index (χ4v) is 1.40. The molecule has 0 spiro atoms. The molecule has 1 aromatic carbocycles. The molecule has 0 N–H and O–H groups in total. The molecule has 0 aromatic heterocycles. The minimum Gasteiger partial charge on any atom is -0.497 e. The van der Waals surface area contributed by atoms with E-state index in [2.05, 4.69) is 0 Å². The van der Waals surface area contributed by atoms with Gasteiger partial charge in [0, 0.05) is 13.6 Å². The molecule has 0 fully saturated rings. The van der Waals surface area contributed by atoms with Crippen molar-refractivity contribution < 1.29 is 9.53 Å². The number of benzene rings is 1. The number of ether oxygens (including phenoxy) is 1. The van der Waals surface area contributed by atoms with Crippen molar-refractivity contribution in [2.24, 2.45) is 0 Å². The summed E-state index contributed by atoms with van der Waals surface area (Å²) in [6.07, 6.45) is 0.719. The highest BCUT2D eigenvalue weighted by Crippen LogP contribution is 2.12. The van der Waals surface area contributed by atoms with Crippen LogP contribution in [-0.4, -0.2) is 31.5 Å². The lowest BCUT2D eigenvalue weighted by Gasteiger charge is -2.15. The highest BCUT2D eigenvalue weighted by atomic mass is 16.5. The third-order valence-corrected chi connectivity index (χ3v) is 2.50. The van der Waals surface area contributed by atoms with Gasteiger partial charge in [0.05, 0.1) is 26.0 Å². The van der Waals surface area contributed by atoms with Crippen molar-refractivity contribution in [2.45, 2.75) is 12.8 Å². The zero-order valence-corrected chi connectivity index (χ0v) is 10.1. The summed E-state index contributed by atoms with van der Waals surface area (Å²) in [5, 5.41) is 8.44. The first-order valence-electron chi connectivity index (χ1n) is 5.41. The molecule has 0 atom stereocenters. The first-order chi connectivity index (χ1) is 8.17. The number of hydrogen-bond donors (Lipinski definition) is 0. The highest BCUT2D eigenvalue weighted by Gasteiger charge is 2.09. The topological polar surface area (TPSA) is 53.3 Å². The van der Waals surface area contributed by atoms with Crippen LogP contribution in [0.25, 0.3) is 0 Å². The summed E-state index contributed by atoms with van der Waals surface area (Å²) >= 11 is 0. The minimum absolute atomic E-state index is 0.0189. The van der Waals surface area contributed by atoms with Gasteiger partial charge >= 0.3 is 0 Å². The molecule has 90 valence electrons. The van der Waals surface area contributed by atoms with Gasteiger partial charge in [-0.2, -0.15) is 5.26 Å². The molecule has 1 aromatic rings. The third-order valence-electron chi connectivity index (χ3n) is 2.50. The average molecular weight is 232 g/mol. The van der Waals surface area contributed by atoms with Gasteiger partial charge in [0.1, 0.15) is 5.75 Å². The number of likely N-dealkylation sites (N-methyl/N-ethyl adjacent to an activating group) is 1. The average Bonchev–Trinajstić information content (AvgIpc) is 2.36. The Kier molecular flexibility index (Phi) is 5.02. The Labute approximate surface area is 101 Å². The van der Waals surface area contributed by atoms with Crippen LogP contribution in [0.15, 0.2) is 24.3 Å². The predicted octanol–water partition coefficient (Wildman–Crippen LogP) is 1.61. The Balaban J connectivity index is 2.52. The monoisotopic (exact) mass is 232 g/mol. The van der Waals surface area contributed by atoms with Gasteiger partial charge < -0.3 is 9.64 Å². The van der Waals surface area contributed by atoms with Crippen LogP contribution in [0.1, 0.15) is 12.0 Å². The van der Waals surface area contributed by atoms with Crippen LogP contribution in [0.4, 0.5) is 0 Å². The zero-order valence-electron chi connectivity index (χ0n) is 10.1. The predicted molar refractivity (Wildman–Crippen MR) is 64.6 cm³/mol. The molecule has 4 nitrogen and oxygen atoms in total. The minimum atomic E-state index is 0.0189. The maximum absolute atomic E-state index is 11.8. The number of nitrogens with zero attached hydrogens (tertiary/aromatic N) is 2. The van der Waals surface area contributed by atoms with Crippen LogP contribution in [0.3, 0.4) is 0 Å². The van der Waals surface area contributed by atoms with Crippen molar-refractivity contribution in [1.82, 2.24) is 4.90 Å². The van der Waals surface area contributed by atoms with Gasteiger partial charge in [-0.25, -0.2) is 0 Å². The first kappa shape index (κ1) is 13.0. The fraction of sp³-hybridized carbons (Fsp3) is 0.385. The molecule has 0 aliphatic heterocycles. The lowest BCUT2D eigenvalue weighted by molar-refractivity contribution is -0.129.